The zero-order valence-corrected chi connectivity index (χ0v) is 14.1. The van der Waals surface area contributed by atoms with Gasteiger partial charge in [-0.3, -0.25) is 9.59 Å². The SMILES string of the molecule is CC(CC(=O)Nc1cccc(C(F)(F)F)c1)=NNC(=O)c1cccc(F)c1. The summed E-state index contributed by atoms with van der Waals surface area (Å²) in [5, 5.41) is 6.05. The Bertz CT molecular complexity index is 879. The monoisotopic (exact) mass is 381 g/mol. The predicted molar refractivity (Wildman–Crippen MR) is 91.7 cm³/mol. The minimum atomic E-state index is -4.51. The first kappa shape index (κ1) is 20.1. The van der Waals surface area contributed by atoms with Crippen molar-refractivity contribution in [3.63, 3.8) is 0 Å². The van der Waals surface area contributed by atoms with Crippen LogP contribution in [-0.4, -0.2) is 17.5 Å². The van der Waals surface area contributed by atoms with E-state index >= 15 is 0 Å². The first-order valence-electron chi connectivity index (χ1n) is 7.71. The number of nitrogens with one attached hydrogen (secondary N) is 2. The number of hydrogen-bond acceptors (Lipinski definition) is 3. The van der Waals surface area contributed by atoms with Crippen molar-refractivity contribution in [1.82, 2.24) is 5.43 Å². The van der Waals surface area contributed by atoms with Gasteiger partial charge in [-0.25, -0.2) is 9.82 Å². The van der Waals surface area contributed by atoms with E-state index in [0.29, 0.717) is 0 Å². The Morgan fingerprint density at radius 3 is 2.44 bits per heavy atom. The fourth-order valence-corrected chi connectivity index (χ4v) is 2.09. The Kier molecular flexibility index (Phi) is 6.27. The molecule has 2 aromatic carbocycles. The van der Waals surface area contributed by atoms with Gasteiger partial charge in [0.05, 0.1) is 12.0 Å². The van der Waals surface area contributed by atoms with E-state index in [4.69, 9.17) is 0 Å². The third-order valence-electron chi connectivity index (χ3n) is 3.33. The van der Waals surface area contributed by atoms with Gasteiger partial charge in [0.25, 0.3) is 5.91 Å². The minimum Gasteiger partial charge on any atom is -0.326 e. The molecule has 0 radical (unpaired) electrons. The lowest BCUT2D eigenvalue weighted by molar-refractivity contribution is -0.137. The van der Waals surface area contributed by atoms with E-state index < -0.39 is 29.4 Å². The van der Waals surface area contributed by atoms with Crippen LogP contribution in [0.15, 0.2) is 53.6 Å². The lowest BCUT2D eigenvalue weighted by Crippen LogP contribution is -2.21. The average Bonchev–Trinajstić information content (AvgIpc) is 2.59. The van der Waals surface area contributed by atoms with Crippen molar-refractivity contribution in [1.29, 1.82) is 0 Å². The topological polar surface area (TPSA) is 70.6 Å². The molecule has 2 aromatic rings. The zero-order chi connectivity index (χ0) is 20.0. The van der Waals surface area contributed by atoms with E-state index in [1.54, 1.807) is 0 Å². The van der Waals surface area contributed by atoms with Crippen molar-refractivity contribution in [2.24, 2.45) is 5.10 Å². The number of alkyl halides is 3. The lowest BCUT2D eigenvalue weighted by Gasteiger charge is -2.10. The molecule has 2 amide bonds. The first-order chi connectivity index (χ1) is 12.6. The van der Waals surface area contributed by atoms with Crippen LogP contribution in [0.3, 0.4) is 0 Å². The van der Waals surface area contributed by atoms with E-state index in [9.17, 15) is 27.2 Å². The molecule has 9 heteroatoms. The number of amides is 2. The fraction of sp³-hybridized carbons (Fsp3) is 0.167. The van der Waals surface area contributed by atoms with Crippen LogP contribution in [0.25, 0.3) is 0 Å². The molecule has 0 spiro atoms. The van der Waals surface area contributed by atoms with Crippen LogP contribution in [0.4, 0.5) is 23.2 Å². The van der Waals surface area contributed by atoms with Crippen LogP contribution in [0.5, 0.6) is 0 Å². The summed E-state index contributed by atoms with van der Waals surface area (Å²) in [4.78, 5) is 23.7. The molecule has 2 rings (SSSR count). The van der Waals surface area contributed by atoms with Crippen LogP contribution < -0.4 is 10.7 Å². The number of hydrazone groups is 1. The summed E-state index contributed by atoms with van der Waals surface area (Å²) in [6, 6.07) is 9.18. The van der Waals surface area contributed by atoms with Gasteiger partial charge in [0, 0.05) is 17.0 Å². The van der Waals surface area contributed by atoms with Crippen LogP contribution >= 0.6 is 0 Å². The smallest absolute Gasteiger partial charge is 0.326 e. The molecule has 0 aliphatic rings. The van der Waals surface area contributed by atoms with E-state index in [1.807, 2.05) is 0 Å². The van der Waals surface area contributed by atoms with Gasteiger partial charge in [-0.05, 0) is 43.3 Å². The maximum atomic E-state index is 13.1. The molecule has 0 aliphatic carbocycles. The van der Waals surface area contributed by atoms with Gasteiger partial charge in [-0.1, -0.05) is 12.1 Å². The molecule has 0 unspecified atom stereocenters. The highest BCUT2D eigenvalue weighted by Crippen LogP contribution is 2.30. The quantitative estimate of drug-likeness (QED) is 0.467. The molecular formula is C18H15F4N3O2. The molecule has 0 aliphatic heterocycles. The van der Waals surface area contributed by atoms with Crippen LogP contribution in [0, 0.1) is 5.82 Å². The number of rotatable bonds is 5. The number of anilines is 1. The van der Waals surface area contributed by atoms with E-state index in [2.05, 4.69) is 15.8 Å². The number of hydrogen-bond donors (Lipinski definition) is 2. The second-order valence-corrected chi connectivity index (χ2v) is 5.60. The Morgan fingerprint density at radius 1 is 1.07 bits per heavy atom. The van der Waals surface area contributed by atoms with Crippen molar-refractivity contribution in [2.45, 2.75) is 19.5 Å². The Balaban J connectivity index is 1.93. The standard InChI is InChI=1S/C18H15F4N3O2/c1-11(24-25-17(27)12-4-2-6-14(19)9-12)8-16(26)23-15-7-3-5-13(10-15)18(20,21)22/h2-7,9-10H,8H2,1H3,(H,23,26)(H,25,27). The molecule has 142 valence electrons. The molecule has 0 fully saturated rings. The highest BCUT2D eigenvalue weighted by atomic mass is 19.4. The van der Waals surface area contributed by atoms with Gasteiger partial charge in [0.15, 0.2) is 0 Å². The highest BCUT2D eigenvalue weighted by molar-refractivity contribution is 6.06. The summed E-state index contributed by atoms with van der Waals surface area (Å²) in [5.41, 5.74) is 1.56. The maximum Gasteiger partial charge on any atom is 0.416 e. The molecule has 0 aromatic heterocycles. The minimum absolute atomic E-state index is 0.00794. The number of nitrogens with zero attached hydrogens (tertiary/aromatic N) is 1. The summed E-state index contributed by atoms with van der Waals surface area (Å²) in [6.07, 6.45) is -4.76. The van der Waals surface area contributed by atoms with E-state index in [1.165, 1.54) is 37.3 Å². The lowest BCUT2D eigenvalue weighted by atomic mass is 10.2. The number of carbonyl (C=O) groups is 2. The molecule has 0 heterocycles. The summed E-state index contributed by atoms with van der Waals surface area (Å²) < 4.78 is 51.1. The number of carbonyl (C=O) groups excluding carboxylic acids is 2. The van der Waals surface area contributed by atoms with Crippen molar-refractivity contribution >= 4 is 23.2 Å². The van der Waals surface area contributed by atoms with E-state index in [0.717, 1.165) is 18.2 Å². The van der Waals surface area contributed by atoms with Crippen molar-refractivity contribution in [2.75, 3.05) is 5.32 Å². The van der Waals surface area contributed by atoms with Crippen LogP contribution in [0.1, 0.15) is 29.3 Å². The molecule has 5 nitrogen and oxygen atoms in total. The summed E-state index contributed by atoms with van der Waals surface area (Å²) >= 11 is 0. The molecule has 0 saturated carbocycles. The van der Waals surface area contributed by atoms with Crippen molar-refractivity contribution < 1.29 is 27.2 Å². The van der Waals surface area contributed by atoms with Crippen molar-refractivity contribution in [3.05, 3.63) is 65.5 Å². The summed E-state index contributed by atoms with van der Waals surface area (Å²) in [6.45, 7) is 1.46. The Morgan fingerprint density at radius 2 is 1.78 bits per heavy atom. The van der Waals surface area contributed by atoms with Gasteiger partial charge in [0.1, 0.15) is 5.82 Å². The van der Waals surface area contributed by atoms with Gasteiger partial charge in [0.2, 0.25) is 5.91 Å². The molecule has 0 bridgehead atoms. The molecule has 27 heavy (non-hydrogen) atoms. The molecular weight excluding hydrogens is 366 g/mol. The second kappa shape index (κ2) is 8.43. The van der Waals surface area contributed by atoms with Crippen molar-refractivity contribution in [3.8, 4) is 0 Å². The van der Waals surface area contributed by atoms with Crippen LogP contribution in [-0.2, 0) is 11.0 Å². The number of benzene rings is 2. The largest absolute Gasteiger partial charge is 0.416 e. The molecule has 2 N–H and O–H groups in total. The number of halogens is 4. The fourth-order valence-electron chi connectivity index (χ4n) is 2.09. The third-order valence-corrected chi connectivity index (χ3v) is 3.33. The molecule has 0 saturated heterocycles. The van der Waals surface area contributed by atoms with Gasteiger partial charge < -0.3 is 5.32 Å². The Hall–Kier alpha value is -3.23. The predicted octanol–water partition coefficient (Wildman–Crippen LogP) is 3.98. The summed E-state index contributed by atoms with van der Waals surface area (Å²) in [5.74, 6) is -1.84. The average molecular weight is 381 g/mol. The van der Waals surface area contributed by atoms with Gasteiger partial charge in [-0.2, -0.15) is 18.3 Å². The maximum absolute atomic E-state index is 13.1. The Labute approximate surface area is 152 Å². The summed E-state index contributed by atoms with van der Waals surface area (Å²) in [7, 11) is 0. The van der Waals surface area contributed by atoms with Gasteiger partial charge >= 0.3 is 6.18 Å². The molecule has 0 atom stereocenters. The second-order valence-electron chi connectivity index (χ2n) is 5.60. The zero-order valence-electron chi connectivity index (χ0n) is 14.1. The third kappa shape index (κ3) is 6.21. The normalized spacial score (nSPS) is 11.8. The van der Waals surface area contributed by atoms with E-state index in [-0.39, 0.29) is 23.4 Å². The van der Waals surface area contributed by atoms with Gasteiger partial charge in [-0.15, -0.1) is 0 Å². The van der Waals surface area contributed by atoms with Crippen LogP contribution in [0.2, 0.25) is 0 Å². The highest BCUT2D eigenvalue weighted by Gasteiger charge is 2.30. The first-order valence-corrected chi connectivity index (χ1v) is 7.71.